The van der Waals surface area contributed by atoms with Crippen molar-refractivity contribution in [2.75, 3.05) is 18.0 Å². The van der Waals surface area contributed by atoms with Gasteiger partial charge in [0.1, 0.15) is 0 Å². The van der Waals surface area contributed by atoms with Crippen LogP contribution in [0.5, 0.6) is 0 Å². The van der Waals surface area contributed by atoms with Gasteiger partial charge in [-0.1, -0.05) is 19.1 Å². The molecule has 2 aromatic rings. The minimum atomic E-state index is 0.987. The molecule has 0 fully saturated rings. The first-order valence-corrected chi connectivity index (χ1v) is 5.54. The zero-order valence-electron chi connectivity index (χ0n) is 9.33. The van der Waals surface area contributed by atoms with Gasteiger partial charge in [0.05, 0.1) is 11.0 Å². The van der Waals surface area contributed by atoms with E-state index in [1.54, 1.807) is 0 Å². The van der Waals surface area contributed by atoms with E-state index in [1.807, 2.05) is 18.2 Å². The quantitative estimate of drug-likeness (QED) is 0.828. The maximum atomic E-state index is 4.57. The molecular formula is C12H17N3. The van der Waals surface area contributed by atoms with Crippen LogP contribution in [0.15, 0.2) is 24.3 Å². The normalized spacial score (nSPS) is 10.8. The number of hydrogen-bond donors (Lipinski definition) is 1. The standard InChI is InChI=1S/C12H17N3/c1-3-9-15(4-2)12-13-10-7-5-6-8-11(10)14-12/h5-8H,3-4,9H2,1-2H3,(H,13,14). The minimum Gasteiger partial charge on any atom is -0.343 e. The Hall–Kier alpha value is -1.51. The van der Waals surface area contributed by atoms with Crippen molar-refractivity contribution in [3.8, 4) is 0 Å². The van der Waals surface area contributed by atoms with Crippen LogP contribution in [0.2, 0.25) is 0 Å². The number of nitrogens with zero attached hydrogens (tertiary/aromatic N) is 2. The first-order chi connectivity index (χ1) is 7.35. The van der Waals surface area contributed by atoms with Crippen molar-refractivity contribution in [2.24, 2.45) is 0 Å². The van der Waals surface area contributed by atoms with Gasteiger partial charge in [-0.15, -0.1) is 0 Å². The number of benzene rings is 1. The maximum absolute atomic E-state index is 4.57. The lowest BCUT2D eigenvalue weighted by Gasteiger charge is -2.18. The predicted octanol–water partition coefficient (Wildman–Crippen LogP) is 2.80. The fourth-order valence-corrected chi connectivity index (χ4v) is 1.77. The first-order valence-electron chi connectivity index (χ1n) is 5.54. The third-order valence-electron chi connectivity index (χ3n) is 2.55. The van der Waals surface area contributed by atoms with Gasteiger partial charge in [0, 0.05) is 13.1 Å². The summed E-state index contributed by atoms with van der Waals surface area (Å²) >= 11 is 0. The Morgan fingerprint density at radius 1 is 1.27 bits per heavy atom. The highest BCUT2D eigenvalue weighted by atomic mass is 15.3. The molecule has 0 unspecified atom stereocenters. The second kappa shape index (κ2) is 4.34. The second-order valence-electron chi connectivity index (χ2n) is 3.66. The second-order valence-corrected chi connectivity index (χ2v) is 3.66. The Balaban J connectivity index is 2.34. The summed E-state index contributed by atoms with van der Waals surface area (Å²) in [4.78, 5) is 10.2. The third-order valence-corrected chi connectivity index (χ3v) is 2.55. The number of fused-ring (bicyclic) bond motifs is 1. The fraction of sp³-hybridized carbons (Fsp3) is 0.417. The van der Waals surface area contributed by atoms with Crippen molar-refractivity contribution in [2.45, 2.75) is 20.3 Å². The van der Waals surface area contributed by atoms with Crippen LogP contribution in [0.1, 0.15) is 20.3 Å². The molecule has 3 nitrogen and oxygen atoms in total. The third kappa shape index (κ3) is 1.96. The highest BCUT2D eigenvalue weighted by molar-refractivity contribution is 5.77. The molecule has 0 aliphatic heterocycles. The molecule has 3 heteroatoms. The maximum Gasteiger partial charge on any atom is 0.203 e. The summed E-state index contributed by atoms with van der Waals surface area (Å²) in [5.74, 6) is 0.987. The number of H-pyrrole nitrogens is 1. The van der Waals surface area contributed by atoms with Gasteiger partial charge in [-0.05, 0) is 25.5 Å². The van der Waals surface area contributed by atoms with Gasteiger partial charge in [-0.3, -0.25) is 0 Å². The molecule has 0 aliphatic carbocycles. The largest absolute Gasteiger partial charge is 0.343 e. The molecule has 15 heavy (non-hydrogen) atoms. The van der Waals surface area contributed by atoms with Gasteiger partial charge in [0.2, 0.25) is 5.95 Å². The van der Waals surface area contributed by atoms with Crippen LogP contribution in [0.3, 0.4) is 0 Å². The summed E-state index contributed by atoms with van der Waals surface area (Å²) in [7, 11) is 0. The SMILES string of the molecule is CCCN(CC)c1nc2ccccc2[nH]1. The molecule has 0 bridgehead atoms. The van der Waals surface area contributed by atoms with E-state index < -0.39 is 0 Å². The van der Waals surface area contributed by atoms with Crippen molar-refractivity contribution < 1.29 is 0 Å². The van der Waals surface area contributed by atoms with Crippen LogP contribution >= 0.6 is 0 Å². The molecule has 1 aromatic heterocycles. The van der Waals surface area contributed by atoms with Crippen LogP contribution in [-0.4, -0.2) is 23.1 Å². The zero-order valence-corrected chi connectivity index (χ0v) is 9.33. The van der Waals surface area contributed by atoms with E-state index in [2.05, 4.69) is 34.8 Å². The molecule has 0 atom stereocenters. The van der Waals surface area contributed by atoms with Crippen LogP contribution in [0.25, 0.3) is 11.0 Å². The summed E-state index contributed by atoms with van der Waals surface area (Å²) in [5, 5.41) is 0. The van der Waals surface area contributed by atoms with Gasteiger partial charge in [-0.25, -0.2) is 4.98 Å². The summed E-state index contributed by atoms with van der Waals surface area (Å²) in [6.45, 7) is 6.39. The number of rotatable bonds is 4. The van der Waals surface area contributed by atoms with Gasteiger partial charge < -0.3 is 9.88 Å². The van der Waals surface area contributed by atoms with Crippen molar-refractivity contribution in [3.05, 3.63) is 24.3 Å². The van der Waals surface area contributed by atoms with E-state index in [0.717, 1.165) is 36.5 Å². The van der Waals surface area contributed by atoms with Crippen molar-refractivity contribution in [1.82, 2.24) is 9.97 Å². The summed E-state index contributed by atoms with van der Waals surface area (Å²) < 4.78 is 0. The van der Waals surface area contributed by atoms with Gasteiger partial charge >= 0.3 is 0 Å². The number of nitrogens with one attached hydrogen (secondary N) is 1. The molecule has 1 aromatic carbocycles. The number of imidazole rings is 1. The average molecular weight is 203 g/mol. The number of anilines is 1. The number of aromatic amines is 1. The average Bonchev–Trinajstić information content (AvgIpc) is 2.69. The van der Waals surface area contributed by atoms with E-state index >= 15 is 0 Å². The molecule has 0 saturated carbocycles. The van der Waals surface area contributed by atoms with Gasteiger partial charge in [-0.2, -0.15) is 0 Å². The molecule has 1 heterocycles. The number of para-hydroxylation sites is 2. The van der Waals surface area contributed by atoms with E-state index in [4.69, 9.17) is 0 Å². The Kier molecular flexibility index (Phi) is 2.90. The zero-order chi connectivity index (χ0) is 10.7. The lowest BCUT2D eigenvalue weighted by Crippen LogP contribution is -2.24. The highest BCUT2D eigenvalue weighted by Crippen LogP contribution is 2.16. The molecule has 1 N–H and O–H groups in total. The molecular weight excluding hydrogens is 186 g/mol. The van der Waals surface area contributed by atoms with Crippen LogP contribution in [-0.2, 0) is 0 Å². The molecule has 0 aliphatic rings. The van der Waals surface area contributed by atoms with Gasteiger partial charge in [0.15, 0.2) is 0 Å². The topological polar surface area (TPSA) is 31.9 Å². The lowest BCUT2D eigenvalue weighted by molar-refractivity contribution is 0.771. The smallest absolute Gasteiger partial charge is 0.203 e. The first kappa shape index (κ1) is 10.0. The molecule has 0 saturated heterocycles. The molecule has 0 spiro atoms. The van der Waals surface area contributed by atoms with Crippen LogP contribution in [0.4, 0.5) is 5.95 Å². The monoisotopic (exact) mass is 203 g/mol. The summed E-state index contributed by atoms with van der Waals surface area (Å²) in [6.07, 6.45) is 1.14. The number of hydrogen-bond acceptors (Lipinski definition) is 2. The molecule has 0 radical (unpaired) electrons. The molecule has 0 amide bonds. The van der Waals surface area contributed by atoms with E-state index in [1.165, 1.54) is 0 Å². The van der Waals surface area contributed by atoms with E-state index in [0.29, 0.717) is 0 Å². The molecule has 2 rings (SSSR count). The summed E-state index contributed by atoms with van der Waals surface area (Å²) in [6, 6.07) is 8.14. The van der Waals surface area contributed by atoms with Crippen molar-refractivity contribution >= 4 is 17.0 Å². The minimum absolute atomic E-state index is 0.987. The molecule has 80 valence electrons. The van der Waals surface area contributed by atoms with Crippen molar-refractivity contribution in [3.63, 3.8) is 0 Å². The fourth-order valence-electron chi connectivity index (χ4n) is 1.77. The highest BCUT2D eigenvalue weighted by Gasteiger charge is 2.07. The van der Waals surface area contributed by atoms with Crippen LogP contribution in [0, 0.1) is 0 Å². The van der Waals surface area contributed by atoms with E-state index in [-0.39, 0.29) is 0 Å². The number of aromatic nitrogens is 2. The Morgan fingerprint density at radius 2 is 2.07 bits per heavy atom. The summed E-state index contributed by atoms with van der Waals surface area (Å²) in [5.41, 5.74) is 2.16. The Morgan fingerprint density at radius 3 is 2.73 bits per heavy atom. The van der Waals surface area contributed by atoms with Crippen molar-refractivity contribution in [1.29, 1.82) is 0 Å². The Labute approximate surface area is 90.1 Å². The van der Waals surface area contributed by atoms with Crippen LogP contribution < -0.4 is 4.90 Å². The van der Waals surface area contributed by atoms with Gasteiger partial charge in [0.25, 0.3) is 0 Å². The van der Waals surface area contributed by atoms with E-state index in [9.17, 15) is 0 Å². The Bertz CT molecular complexity index is 400. The lowest BCUT2D eigenvalue weighted by atomic mass is 10.3. The predicted molar refractivity (Wildman–Crippen MR) is 64.3 cm³/mol.